The number of rotatable bonds is 7. The summed E-state index contributed by atoms with van der Waals surface area (Å²) in [7, 11) is 0. The lowest BCUT2D eigenvalue weighted by atomic mass is 9.89. The second kappa shape index (κ2) is 6.49. The minimum atomic E-state index is 0.174. The summed E-state index contributed by atoms with van der Waals surface area (Å²) >= 11 is 0. The van der Waals surface area contributed by atoms with Crippen molar-refractivity contribution in [3.8, 4) is 0 Å². The van der Waals surface area contributed by atoms with Gasteiger partial charge in [0.2, 0.25) is 0 Å². The topological polar surface area (TPSA) is 29.3 Å². The molecule has 0 rings (SSSR count). The lowest BCUT2D eigenvalue weighted by Crippen LogP contribution is -2.54. The van der Waals surface area contributed by atoms with E-state index >= 15 is 0 Å². The maximum Gasteiger partial charge on any atom is 0.0306 e. The zero-order valence-electron chi connectivity index (χ0n) is 11.5. The summed E-state index contributed by atoms with van der Waals surface area (Å²) in [4.78, 5) is 2.52. The summed E-state index contributed by atoms with van der Waals surface area (Å²) in [5.74, 6) is 0.766. The van der Waals surface area contributed by atoms with Crippen LogP contribution >= 0.6 is 0 Å². The van der Waals surface area contributed by atoms with Crippen LogP contribution in [0.25, 0.3) is 0 Å². The molecule has 0 aliphatic rings. The third-order valence-electron chi connectivity index (χ3n) is 3.36. The molecule has 0 fully saturated rings. The highest BCUT2D eigenvalue weighted by Gasteiger charge is 2.30. The van der Waals surface area contributed by atoms with Crippen LogP contribution in [0.1, 0.15) is 54.4 Å². The number of hydrogen-bond donors (Lipinski definition) is 1. The summed E-state index contributed by atoms with van der Waals surface area (Å²) in [6.45, 7) is 15.4. The van der Waals surface area contributed by atoms with E-state index in [1.807, 2.05) is 0 Å². The second-order valence-corrected chi connectivity index (χ2v) is 5.51. The van der Waals surface area contributed by atoms with E-state index in [2.05, 4.69) is 46.4 Å². The molecule has 0 aromatic rings. The molecule has 1 unspecified atom stereocenters. The predicted octanol–water partition coefficient (Wildman–Crippen LogP) is 2.87. The van der Waals surface area contributed by atoms with Crippen molar-refractivity contribution < 1.29 is 0 Å². The molecule has 0 aromatic heterocycles. The van der Waals surface area contributed by atoms with Gasteiger partial charge >= 0.3 is 0 Å². The smallest absolute Gasteiger partial charge is 0.0306 e. The first kappa shape index (κ1) is 14.9. The van der Waals surface area contributed by atoms with Gasteiger partial charge in [0.1, 0.15) is 0 Å². The predicted molar refractivity (Wildman–Crippen MR) is 69.0 cm³/mol. The van der Waals surface area contributed by atoms with Crippen molar-refractivity contribution in [1.82, 2.24) is 4.90 Å². The van der Waals surface area contributed by atoms with Crippen LogP contribution in [-0.2, 0) is 0 Å². The molecule has 0 aromatic carbocycles. The highest BCUT2D eigenvalue weighted by molar-refractivity contribution is 4.88. The van der Waals surface area contributed by atoms with Gasteiger partial charge in [0.05, 0.1) is 0 Å². The van der Waals surface area contributed by atoms with E-state index in [0.29, 0.717) is 6.04 Å². The van der Waals surface area contributed by atoms with Crippen LogP contribution < -0.4 is 5.73 Å². The SMILES string of the molecule is CCN(C(C)C)C(C)(CN)CCC(C)C. The first-order valence-corrected chi connectivity index (χ1v) is 6.34. The fraction of sp³-hybridized carbons (Fsp3) is 1.00. The number of nitrogens with zero attached hydrogens (tertiary/aromatic N) is 1. The van der Waals surface area contributed by atoms with Crippen molar-refractivity contribution in [2.45, 2.75) is 66.0 Å². The van der Waals surface area contributed by atoms with E-state index in [9.17, 15) is 0 Å². The van der Waals surface area contributed by atoms with Crippen LogP contribution in [0.3, 0.4) is 0 Å². The molecule has 0 radical (unpaired) electrons. The molecule has 0 saturated carbocycles. The quantitative estimate of drug-likeness (QED) is 0.706. The van der Waals surface area contributed by atoms with E-state index in [1.54, 1.807) is 0 Å². The summed E-state index contributed by atoms with van der Waals surface area (Å²) in [6, 6.07) is 0.579. The first-order valence-electron chi connectivity index (χ1n) is 6.34. The summed E-state index contributed by atoms with van der Waals surface area (Å²) < 4.78 is 0. The normalized spacial score (nSPS) is 16.4. The molecule has 2 N–H and O–H groups in total. The Morgan fingerprint density at radius 2 is 1.73 bits per heavy atom. The molecule has 0 aliphatic heterocycles. The lowest BCUT2D eigenvalue weighted by Gasteiger charge is -2.43. The maximum atomic E-state index is 5.97. The third kappa shape index (κ3) is 4.52. The molecule has 0 spiro atoms. The van der Waals surface area contributed by atoms with E-state index in [-0.39, 0.29) is 5.54 Å². The average Bonchev–Trinajstić information content (AvgIpc) is 2.15. The van der Waals surface area contributed by atoms with Gasteiger partial charge in [-0.05, 0) is 46.1 Å². The summed E-state index contributed by atoms with van der Waals surface area (Å²) in [6.07, 6.45) is 2.46. The van der Waals surface area contributed by atoms with Gasteiger partial charge < -0.3 is 5.73 Å². The summed E-state index contributed by atoms with van der Waals surface area (Å²) in [5.41, 5.74) is 6.14. The van der Waals surface area contributed by atoms with Gasteiger partial charge in [-0.1, -0.05) is 20.8 Å². The Balaban J connectivity index is 4.50. The Labute approximate surface area is 96.2 Å². The van der Waals surface area contributed by atoms with E-state index in [4.69, 9.17) is 5.73 Å². The molecule has 0 heterocycles. The Hall–Kier alpha value is -0.0800. The molecule has 0 bridgehead atoms. The molecule has 0 aliphatic carbocycles. The Kier molecular flexibility index (Phi) is 6.46. The minimum absolute atomic E-state index is 0.174. The molecule has 2 heteroatoms. The van der Waals surface area contributed by atoms with Crippen molar-refractivity contribution >= 4 is 0 Å². The van der Waals surface area contributed by atoms with Crippen LogP contribution in [0.2, 0.25) is 0 Å². The van der Waals surface area contributed by atoms with Crippen molar-refractivity contribution in [2.24, 2.45) is 11.7 Å². The van der Waals surface area contributed by atoms with E-state index < -0.39 is 0 Å². The average molecular weight is 214 g/mol. The molecule has 2 nitrogen and oxygen atoms in total. The molecular formula is C13H30N2. The molecule has 92 valence electrons. The van der Waals surface area contributed by atoms with Crippen LogP contribution in [0.5, 0.6) is 0 Å². The van der Waals surface area contributed by atoms with Gasteiger partial charge in [0.15, 0.2) is 0 Å². The third-order valence-corrected chi connectivity index (χ3v) is 3.36. The lowest BCUT2D eigenvalue weighted by molar-refractivity contribution is 0.0699. The number of likely N-dealkylation sites (N-methyl/N-ethyl adjacent to an activating group) is 1. The van der Waals surface area contributed by atoms with Crippen molar-refractivity contribution in [2.75, 3.05) is 13.1 Å². The van der Waals surface area contributed by atoms with Crippen molar-refractivity contribution in [3.63, 3.8) is 0 Å². The van der Waals surface area contributed by atoms with Gasteiger partial charge in [-0.2, -0.15) is 0 Å². The largest absolute Gasteiger partial charge is 0.329 e. The highest BCUT2D eigenvalue weighted by Crippen LogP contribution is 2.24. The minimum Gasteiger partial charge on any atom is -0.329 e. The van der Waals surface area contributed by atoms with Crippen molar-refractivity contribution in [1.29, 1.82) is 0 Å². The zero-order valence-corrected chi connectivity index (χ0v) is 11.5. The first-order chi connectivity index (χ1) is 6.87. The van der Waals surface area contributed by atoms with Crippen molar-refractivity contribution in [3.05, 3.63) is 0 Å². The molecule has 0 saturated heterocycles. The number of hydrogen-bond acceptors (Lipinski definition) is 2. The maximum absolute atomic E-state index is 5.97. The second-order valence-electron chi connectivity index (χ2n) is 5.51. The van der Waals surface area contributed by atoms with Gasteiger partial charge in [-0.25, -0.2) is 0 Å². The van der Waals surface area contributed by atoms with Gasteiger partial charge in [-0.15, -0.1) is 0 Å². The van der Waals surface area contributed by atoms with Crippen LogP contribution in [0.4, 0.5) is 0 Å². The van der Waals surface area contributed by atoms with Gasteiger partial charge in [-0.3, -0.25) is 4.90 Å². The van der Waals surface area contributed by atoms with Crippen LogP contribution in [0.15, 0.2) is 0 Å². The zero-order chi connectivity index (χ0) is 12.1. The monoisotopic (exact) mass is 214 g/mol. The highest BCUT2D eigenvalue weighted by atomic mass is 15.2. The van der Waals surface area contributed by atoms with E-state index in [1.165, 1.54) is 12.8 Å². The standard InChI is InChI=1S/C13H30N2/c1-7-15(12(4)5)13(6,10-14)9-8-11(2)3/h11-12H,7-10,14H2,1-6H3. The Morgan fingerprint density at radius 3 is 2.00 bits per heavy atom. The molecule has 0 amide bonds. The summed E-state index contributed by atoms with van der Waals surface area (Å²) in [5, 5.41) is 0. The fourth-order valence-electron chi connectivity index (χ4n) is 2.33. The van der Waals surface area contributed by atoms with Gasteiger partial charge in [0.25, 0.3) is 0 Å². The molecular weight excluding hydrogens is 184 g/mol. The molecule has 15 heavy (non-hydrogen) atoms. The number of nitrogens with two attached hydrogens (primary N) is 1. The van der Waals surface area contributed by atoms with Crippen LogP contribution in [0, 0.1) is 5.92 Å². The molecule has 1 atom stereocenters. The Morgan fingerprint density at radius 1 is 1.20 bits per heavy atom. The van der Waals surface area contributed by atoms with E-state index in [0.717, 1.165) is 19.0 Å². The fourth-order valence-corrected chi connectivity index (χ4v) is 2.33. The van der Waals surface area contributed by atoms with Crippen LogP contribution in [-0.4, -0.2) is 29.6 Å². The Bertz CT molecular complexity index is 166. The van der Waals surface area contributed by atoms with Gasteiger partial charge in [0, 0.05) is 18.1 Å².